The Hall–Kier alpha value is -2.43. The Morgan fingerprint density at radius 2 is 2.24 bits per heavy atom. The molecule has 0 spiro atoms. The van der Waals surface area contributed by atoms with Gasteiger partial charge in [0, 0.05) is 25.7 Å². The van der Waals surface area contributed by atoms with Crippen molar-refractivity contribution in [2.75, 3.05) is 20.2 Å². The number of hydrogen-bond acceptors (Lipinski definition) is 6. The molecule has 1 fully saturated rings. The van der Waals surface area contributed by atoms with Gasteiger partial charge in [0.05, 0.1) is 18.9 Å². The van der Waals surface area contributed by atoms with Crippen molar-refractivity contribution in [1.82, 2.24) is 19.9 Å². The predicted octanol–water partition coefficient (Wildman–Crippen LogP) is 1.83. The second-order valence-corrected chi connectivity index (χ2v) is 6.82. The molecule has 1 atom stereocenters. The van der Waals surface area contributed by atoms with Crippen LogP contribution in [0.4, 0.5) is 0 Å². The third-order valence-electron chi connectivity index (χ3n) is 4.63. The molecule has 7 nitrogen and oxygen atoms in total. The molecular formula is C18H23N5O2. The van der Waals surface area contributed by atoms with Crippen LogP contribution in [0.5, 0.6) is 5.75 Å². The van der Waals surface area contributed by atoms with Gasteiger partial charge in [-0.1, -0.05) is 11.3 Å². The number of ether oxygens (including phenoxy) is 1. The molecule has 0 saturated carbocycles. The lowest BCUT2D eigenvalue weighted by atomic mass is 10.00. The molecule has 2 heterocycles. The number of rotatable bonds is 5. The zero-order valence-corrected chi connectivity index (χ0v) is 14.8. The molecular weight excluding hydrogens is 318 g/mol. The fourth-order valence-corrected chi connectivity index (χ4v) is 3.16. The van der Waals surface area contributed by atoms with Crippen LogP contribution < -0.4 is 4.74 Å². The van der Waals surface area contributed by atoms with E-state index in [-0.39, 0.29) is 6.04 Å². The normalized spacial score (nSPS) is 20.8. The largest absolute Gasteiger partial charge is 0.495 e. The molecule has 0 bridgehead atoms. The third-order valence-corrected chi connectivity index (χ3v) is 4.63. The van der Waals surface area contributed by atoms with E-state index in [1.807, 2.05) is 38.2 Å². The third kappa shape index (κ3) is 3.50. The second kappa shape index (κ2) is 6.82. The molecule has 0 aliphatic carbocycles. The smallest absolute Gasteiger partial charge is 0.136 e. The summed E-state index contributed by atoms with van der Waals surface area (Å²) in [6.45, 7) is 5.98. The summed E-state index contributed by atoms with van der Waals surface area (Å²) in [6, 6.07) is 7.97. The van der Waals surface area contributed by atoms with Crippen LogP contribution in [0.2, 0.25) is 0 Å². The number of hydrogen-bond donors (Lipinski definition) is 1. The minimum Gasteiger partial charge on any atom is -0.495 e. The number of likely N-dealkylation sites (tertiary alicyclic amines) is 1. The van der Waals surface area contributed by atoms with Gasteiger partial charge in [-0.3, -0.25) is 4.90 Å². The van der Waals surface area contributed by atoms with Crippen LogP contribution in [0, 0.1) is 11.3 Å². The molecule has 2 aromatic rings. The highest BCUT2D eigenvalue weighted by Crippen LogP contribution is 2.32. The highest BCUT2D eigenvalue weighted by atomic mass is 16.5. The van der Waals surface area contributed by atoms with Crippen LogP contribution >= 0.6 is 0 Å². The zero-order valence-electron chi connectivity index (χ0n) is 14.8. The maximum Gasteiger partial charge on any atom is 0.136 e. The summed E-state index contributed by atoms with van der Waals surface area (Å²) in [5.41, 5.74) is 1.19. The summed E-state index contributed by atoms with van der Waals surface area (Å²) in [6.07, 6.45) is 2.44. The van der Waals surface area contributed by atoms with Gasteiger partial charge in [-0.2, -0.15) is 5.26 Å². The average Bonchev–Trinajstić information content (AvgIpc) is 3.23. The standard InChI is InChI=1S/C18H23N5O2/c1-13(2)23-11-17(20-21-23)18(24)6-7-22(12-18)10-14-4-5-16(25-3)15(8-14)9-19/h4-5,8,11,13,24H,6-7,10,12H2,1-3H3. The topological polar surface area (TPSA) is 87.2 Å². The summed E-state index contributed by atoms with van der Waals surface area (Å²) in [4.78, 5) is 2.16. The molecule has 0 radical (unpaired) electrons. The van der Waals surface area contributed by atoms with E-state index in [0.29, 0.717) is 36.5 Å². The molecule has 1 aromatic heterocycles. The molecule has 7 heteroatoms. The van der Waals surface area contributed by atoms with E-state index < -0.39 is 5.60 Å². The quantitative estimate of drug-likeness (QED) is 0.893. The Labute approximate surface area is 147 Å². The first-order chi connectivity index (χ1) is 11.9. The van der Waals surface area contributed by atoms with Crippen LogP contribution in [0.25, 0.3) is 0 Å². The van der Waals surface area contributed by atoms with Crippen LogP contribution in [-0.4, -0.2) is 45.2 Å². The Balaban J connectivity index is 1.71. The zero-order chi connectivity index (χ0) is 18.0. The predicted molar refractivity (Wildman–Crippen MR) is 91.9 cm³/mol. The van der Waals surface area contributed by atoms with E-state index in [9.17, 15) is 10.4 Å². The fraction of sp³-hybridized carbons (Fsp3) is 0.500. The van der Waals surface area contributed by atoms with Crippen LogP contribution in [0.1, 0.15) is 43.1 Å². The molecule has 1 aromatic carbocycles. The molecule has 132 valence electrons. The minimum absolute atomic E-state index is 0.214. The summed E-state index contributed by atoms with van der Waals surface area (Å²) >= 11 is 0. The summed E-state index contributed by atoms with van der Waals surface area (Å²) in [5, 5.41) is 28.4. The van der Waals surface area contributed by atoms with Crippen molar-refractivity contribution in [2.45, 2.75) is 38.5 Å². The van der Waals surface area contributed by atoms with Crippen molar-refractivity contribution in [3.05, 3.63) is 41.2 Å². The second-order valence-electron chi connectivity index (χ2n) is 6.82. The molecule has 1 aliphatic rings. The average molecular weight is 341 g/mol. The van der Waals surface area contributed by atoms with Gasteiger partial charge in [-0.05, 0) is 38.0 Å². The van der Waals surface area contributed by atoms with Crippen molar-refractivity contribution in [3.8, 4) is 11.8 Å². The number of benzene rings is 1. The van der Waals surface area contributed by atoms with Gasteiger partial charge < -0.3 is 9.84 Å². The van der Waals surface area contributed by atoms with E-state index in [4.69, 9.17) is 4.74 Å². The number of aliphatic hydroxyl groups is 1. The Bertz CT molecular complexity index is 795. The molecule has 1 N–H and O–H groups in total. The van der Waals surface area contributed by atoms with Crippen molar-refractivity contribution < 1.29 is 9.84 Å². The van der Waals surface area contributed by atoms with Crippen LogP contribution in [-0.2, 0) is 12.1 Å². The fourth-order valence-electron chi connectivity index (χ4n) is 3.16. The van der Waals surface area contributed by atoms with E-state index in [2.05, 4.69) is 21.3 Å². The van der Waals surface area contributed by atoms with Gasteiger partial charge in [0.1, 0.15) is 23.1 Å². The van der Waals surface area contributed by atoms with Gasteiger partial charge in [0.15, 0.2) is 0 Å². The van der Waals surface area contributed by atoms with Crippen molar-refractivity contribution in [1.29, 1.82) is 5.26 Å². The Morgan fingerprint density at radius 3 is 2.88 bits per heavy atom. The minimum atomic E-state index is -0.975. The first-order valence-corrected chi connectivity index (χ1v) is 8.39. The van der Waals surface area contributed by atoms with Gasteiger partial charge >= 0.3 is 0 Å². The lowest BCUT2D eigenvalue weighted by Crippen LogP contribution is -2.31. The monoisotopic (exact) mass is 341 g/mol. The maximum absolute atomic E-state index is 11.0. The number of methoxy groups -OCH3 is 1. The molecule has 3 rings (SSSR count). The Kier molecular flexibility index (Phi) is 4.75. The van der Waals surface area contributed by atoms with Gasteiger partial charge in [0.2, 0.25) is 0 Å². The van der Waals surface area contributed by atoms with Crippen molar-refractivity contribution >= 4 is 0 Å². The molecule has 0 amide bonds. The van der Waals surface area contributed by atoms with Gasteiger partial charge in [0.25, 0.3) is 0 Å². The van der Waals surface area contributed by atoms with Crippen LogP contribution in [0.15, 0.2) is 24.4 Å². The van der Waals surface area contributed by atoms with E-state index in [1.165, 1.54) is 0 Å². The highest BCUT2D eigenvalue weighted by Gasteiger charge is 2.40. The lowest BCUT2D eigenvalue weighted by Gasteiger charge is -2.21. The van der Waals surface area contributed by atoms with Crippen LogP contribution in [0.3, 0.4) is 0 Å². The summed E-state index contributed by atoms with van der Waals surface area (Å²) in [5.74, 6) is 0.578. The molecule has 1 unspecified atom stereocenters. The SMILES string of the molecule is COc1ccc(CN2CCC(O)(c3cn(C(C)C)nn3)C2)cc1C#N. The molecule has 1 saturated heterocycles. The van der Waals surface area contributed by atoms with Crippen molar-refractivity contribution in [3.63, 3.8) is 0 Å². The molecule has 1 aliphatic heterocycles. The maximum atomic E-state index is 11.0. The first kappa shape index (κ1) is 17.4. The number of aromatic nitrogens is 3. The van der Waals surface area contributed by atoms with E-state index in [1.54, 1.807) is 11.8 Å². The van der Waals surface area contributed by atoms with Crippen molar-refractivity contribution in [2.24, 2.45) is 0 Å². The highest BCUT2D eigenvalue weighted by molar-refractivity contribution is 5.45. The summed E-state index contributed by atoms with van der Waals surface area (Å²) < 4.78 is 6.94. The number of nitrogens with zero attached hydrogens (tertiary/aromatic N) is 5. The van der Waals surface area contributed by atoms with Gasteiger partial charge in [-0.25, -0.2) is 4.68 Å². The van der Waals surface area contributed by atoms with E-state index in [0.717, 1.165) is 12.1 Å². The van der Waals surface area contributed by atoms with E-state index >= 15 is 0 Å². The first-order valence-electron chi connectivity index (χ1n) is 8.39. The number of β-amino-alcohol motifs (C(OH)–C–C–N with tert-alkyl or cyclic N) is 1. The lowest BCUT2D eigenvalue weighted by molar-refractivity contribution is 0.0408. The van der Waals surface area contributed by atoms with Gasteiger partial charge in [-0.15, -0.1) is 5.10 Å². The number of nitriles is 1. The molecule has 25 heavy (non-hydrogen) atoms. The Morgan fingerprint density at radius 1 is 1.44 bits per heavy atom. The summed E-state index contributed by atoms with van der Waals surface area (Å²) in [7, 11) is 1.56.